The predicted octanol–water partition coefficient (Wildman–Crippen LogP) is 3.84. The summed E-state index contributed by atoms with van der Waals surface area (Å²) in [5, 5.41) is 3.53. The van der Waals surface area contributed by atoms with Crippen LogP contribution >= 0.6 is 11.6 Å². The molecule has 1 rings (SSSR count). The number of nitrogens with two attached hydrogens (primary N) is 1. The van der Waals surface area contributed by atoms with Crippen molar-refractivity contribution in [3.05, 3.63) is 46.1 Å². The molecular formula is C18H26ClN3O. The lowest BCUT2D eigenvalue weighted by Gasteiger charge is -2.13. The molecule has 4 nitrogen and oxygen atoms in total. The Bertz CT molecular complexity index is 576. The van der Waals surface area contributed by atoms with Crippen molar-refractivity contribution in [2.45, 2.75) is 46.1 Å². The minimum Gasteiger partial charge on any atom is -0.394 e. The van der Waals surface area contributed by atoms with Crippen molar-refractivity contribution < 1.29 is 4.79 Å². The van der Waals surface area contributed by atoms with Gasteiger partial charge in [0, 0.05) is 29.9 Å². The van der Waals surface area contributed by atoms with Gasteiger partial charge in [-0.3, -0.25) is 9.79 Å². The highest BCUT2D eigenvalue weighted by atomic mass is 35.5. The van der Waals surface area contributed by atoms with E-state index in [-0.39, 0.29) is 11.6 Å². The van der Waals surface area contributed by atoms with E-state index >= 15 is 0 Å². The van der Waals surface area contributed by atoms with Crippen LogP contribution in [0.4, 0.5) is 0 Å². The smallest absolute Gasteiger partial charge is 0.267 e. The van der Waals surface area contributed by atoms with Gasteiger partial charge in [-0.2, -0.15) is 0 Å². The number of aliphatic imine (C=N–C) groups is 1. The van der Waals surface area contributed by atoms with E-state index in [1.807, 2.05) is 19.1 Å². The molecule has 3 N–H and O–H groups in total. The molecule has 0 aromatic heterocycles. The third-order valence-corrected chi connectivity index (χ3v) is 3.92. The number of nitrogens with zero attached hydrogens (tertiary/aromatic N) is 1. The zero-order valence-corrected chi connectivity index (χ0v) is 14.9. The van der Waals surface area contributed by atoms with Gasteiger partial charge in [0.25, 0.3) is 5.91 Å². The number of carbonyl (C=O) groups excluding carboxylic acids is 1. The SMILES string of the molecule is CCCC/C(C(CC)=NC)=C(/N)C(=O)NCc1ccc(Cl)cc1. The monoisotopic (exact) mass is 335 g/mol. The lowest BCUT2D eigenvalue weighted by atomic mass is 9.99. The summed E-state index contributed by atoms with van der Waals surface area (Å²) in [6.07, 6.45) is 3.57. The van der Waals surface area contributed by atoms with Crippen molar-refractivity contribution in [1.29, 1.82) is 0 Å². The van der Waals surface area contributed by atoms with Crippen molar-refractivity contribution in [3.8, 4) is 0 Å². The number of halogens is 1. The molecule has 0 radical (unpaired) electrons. The number of hydrogen-bond donors (Lipinski definition) is 2. The maximum Gasteiger partial charge on any atom is 0.267 e. The van der Waals surface area contributed by atoms with E-state index in [1.54, 1.807) is 19.2 Å². The molecule has 5 heteroatoms. The third-order valence-electron chi connectivity index (χ3n) is 3.67. The Hall–Kier alpha value is -1.81. The van der Waals surface area contributed by atoms with Crippen LogP contribution in [0.2, 0.25) is 5.02 Å². The van der Waals surface area contributed by atoms with Crippen molar-refractivity contribution in [3.63, 3.8) is 0 Å². The fraction of sp³-hybridized carbons (Fsp3) is 0.444. The molecule has 0 heterocycles. The second-order valence-electron chi connectivity index (χ2n) is 5.33. The third kappa shape index (κ3) is 6.06. The van der Waals surface area contributed by atoms with E-state index in [1.165, 1.54) is 0 Å². The Balaban J connectivity index is 2.84. The van der Waals surface area contributed by atoms with Crippen LogP contribution in [0.15, 0.2) is 40.5 Å². The van der Waals surface area contributed by atoms with Crippen LogP contribution in [-0.2, 0) is 11.3 Å². The van der Waals surface area contributed by atoms with Crippen LogP contribution in [-0.4, -0.2) is 18.7 Å². The van der Waals surface area contributed by atoms with E-state index < -0.39 is 0 Å². The highest BCUT2D eigenvalue weighted by molar-refractivity contribution is 6.30. The maximum absolute atomic E-state index is 12.3. The molecule has 23 heavy (non-hydrogen) atoms. The van der Waals surface area contributed by atoms with Gasteiger partial charge in [0.1, 0.15) is 5.70 Å². The minimum absolute atomic E-state index is 0.249. The topological polar surface area (TPSA) is 67.5 Å². The van der Waals surface area contributed by atoms with Gasteiger partial charge in [-0.15, -0.1) is 0 Å². The van der Waals surface area contributed by atoms with Crippen LogP contribution in [0, 0.1) is 0 Å². The normalized spacial score (nSPS) is 12.8. The summed E-state index contributed by atoms with van der Waals surface area (Å²) in [5.41, 5.74) is 9.13. The van der Waals surface area contributed by atoms with Crippen LogP contribution in [0.1, 0.15) is 45.1 Å². The van der Waals surface area contributed by atoms with Gasteiger partial charge in [-0.05, 0) is 37.0 Å². The molecule has 0 bridgehead atoms. The van der Waals surface area contributed by atoms with Crippen LogP contribution in [0.25, 0.3) is 0 Å². The number of hydrogen-bond acceptors (Lipinski definition) is 3. The van der Waals surface area contributed by atoms with Gasteiger partial charge in [0.2, 0.25) is 0 Å². The van der Waals surface area contributed by atoms with E-state index in [0.29, 0.717) is 11.6 Å². The fourth-order valence-corrected chi connectivity index (χ4v) is 2.44. The Morgan fingerprint density at radius 1 is 1.26 bits per heavy atom. The number of benzene rings is 1. The molecule has 0 saturated heterocycles. The standard InChI is InChI=1S/C18H26ClN3O/c1-4-6-7-15(16(5-2)21-3)17(20)18(23)22-12-13-8-10-14(19)11-9-13/h8-11H,4-7,12,20H2,1-3H3,(H,22,23)/b17-15-,21-16?. The number of carbonyl (C=O) groups is 1. The Kier molecular flexibility index (Phi) is 8.41. The zero-order valence-electron chi connectivity index (χ0n) is 14.2. The number of unbranched alkanes of at least 4 members (excludes halogenated alkanes) is 1. The first-order valence-corrected chi connectivity index (χ1v) is 8.38. The molecule has 0 aliphatic rings. The summed E-state index contributed by atoms with van der Waals surface area (Å²) >= 11 is 5.85. The molecule has 1 amide bonds. The largest absolute Gasteiger partial charge is 0.394 e. The van der Waals surface area contributed by atoms with E-state index in [0.717, 1.165) is 42.5 Å². The molecule has 126 valence electrons. The van der Waals surface area contributed by atoms with Crippen LogP contribution in [0.5, 0.6) is 0 Å². The van der Waals surface area contributed by atoms with Gasteiger partial charge in [0.15, 0.2) is 0 Å². The number of allylic oxidation sites excluding steroid dienone is 1. The van der Waals surface area contributed by atoms with Crippen molar-refractivity contribution in [2.24, 2.45) is 10.7 Å². The maximum atomic E-state index is 12.3. The van der Waals surface area contributed by atoms with E-state index in [9.17, 15) is 4.79 Å². The molecule has 0 spiro atoms. The average Bonchev–Trinajstić information content (AvgIpc) is 2.57. The summed E-state index contributed by atoms with van der Waals surface area (Å²) in [7, 11) is 1.74. The summed E-state index contributed by atoms with van der Waals surface area (Å²) in [4.78, 5) is 16.6. The molecule has 0 aliphatic carbocycles. The second-order valence-corrected chi connectivity index (χ2v) is 5.77. The number of amides is 1. The lowest BCUT2D eigenvalue weighted by molar-refractivity contribution is -0.117. The van der Waals surface area contributed by atoms with Crippen LogP contribution in [0.3, 0.4) is 0 Å². The molecule has 0 atom stereocenters. The second kappa shape index (κ2) is 10.1. The summed E-state index contributed by atoms with van der Waals surface area (Å²) in [6.45, 7) is 4.55. The Labute approximate surface area is 143 Å². The average molecular weight is 336 g/mol. The first-order valence-electron chi connectivity index (χ1n) is 8.00. The highest BCUT2D eigenvalue weighted by Crippen LogP contribution is 2.15. The highest BCUT2D eigenvalue weighted by Gasteiger charge is 2.15. The summed E-state index contributed by atoms with van der Waals surface area (Å²) in [6, 6.07) is 7.36. The molecule has 0 aliphatic heterocycles. The fourth-order valence-electron chi connectivity index (χ4n) is 2.31. The van der Waals surface area contributed by atoms with Gasteiger partial charge in [-0.25, -0.2) is 0 Å². The Morgan fingerprint density at radius 2 is 1.91 bits per heavy atom. The van der Waals surface area contributed by atoms with Gasteiger partial charge in [0.05, 0.1) is 0 Å². The molecule has 1 aromatic rings. The number of nitrogens with one attached hydrogen (secondary N) is 1. The first kappa shape index (κ1) is 19.2. The van der Waals surface area contributed by atoms with Gasteiger partial charge in [-0.1, -0.05) is 44.0 Å². The minimum atomic E-state index is -0.249. The first-order chi connectivity index (χ1) is 11.0. The van der Waals surface area contributed by atoms with Gasteiger partial charge < -0.3 is 11.1 Å². The van der Waals surface area contributed by atoms with E-state index in [4.69, 9.17) is 17.3 Å². The number of rotatable bonds is 8. The van der Waals surface area contributed by atoms with Gasteiger partial charge >= 0.3 is 0 Å². The molecular weight excluding hydrogens is 310 g/mol. The van der Waals surface area contributed by atoms with Crippen molar-refractivity contribution in [2.75, 3.05) is 7.05 Å². The quantitative estimate of drug-likeness (QED) is 0.560. The molecule has 0 saturated carbocycles. The molecule has 1 aromatic carbocycles. The van der Waals surface area contributed by atoms with E-state index in [2.05, 4.69) is 17.2 Å². The molecule has 0 unspecified atom stereocenters. The Morgan fingerprint density at radius 3 is 2.43 bits per heavy atom. The van der Waals surface area contributed by atoms with Crippen LogP contribution < -0.4 is 11.1 Å². The predicted molar refractivity (Wildman–Crippen MR) is 97.7 cm³/mol. The summed E-state index contributed by atoms with van der Waals surface area (Å²) < 4.78 is 0. The van der Waals surface area contributed by atoms with Crippen molar-refractivity contribution in [1.82, 2.24) is 5.32 Å². The van der Waals surface area contributed by atoms with Crippen molar-refractivity contribution >= 4 is 23.2 Å². The summed E-state index contributed by atoms with van der Waals surface area (Å²) in [5.74, 6) is -0.249. The zero-order chi connectivity index (χ0) is 17.2. The lowest BCUT2D eigenvalue weighted by Crippen LogP contribution is -2.30. The molecule has 0 fully saturated rings.